The summed E-state index contributed by atoms with van der Waals surface area (Å²) in [6.45, 7) is 3.49. The molecule has 3 aromatic rings. The van der Waals surface area contributed by atoms with E-state index in [1.807, 2.05) is 30.3 Å². The fraction of sp³-hybridized carbons (Fsp3) is 0.238. The Morgan fingerprint density at radius 3 is 2.58 bits per heavy atom. The quantitative estimate of drug-likeness (QED) is 0.693. The van der Waals surface area contributed by atoms with Crippen LogP contribution in [0.5, 0.6) is 0 Å². The van der Waals surface area contributed by atoms with Crippen molar-refractivity contribution < 1.29 is 4.74 Å². The number of aromatic nitrogens is 2. The van der Waals surface area contributed by atoms with E-state index >= 15 is 0 Å². The molecule has 0 unspecified atom stereocenters. The molecule has 1 saturated heterocycles. The lowest BCUT2D eigenvalue weighted by molar-refractivity contribution is 0.122. The fourth-order valence-electron chi connectivity index (χ4n) is 3.12. The molecule has 1 fully saturated rings. The first-order valence-electron chi connectivity index (χ1n) is 8.77. The summed E-state index contributed by atoms with van der Waals surface area (Å²) in [5.41, 5.74) is 4.34. The van der Waals surface area contributed by atoms with Gasteiger partial charge in [0.25, 0.3) is 0 Å². The van der Waals surface area contributed by atoms with Gasteiger partial charge in [-0.25, -0.2) is 9.97 Å². The molecule has 132 valence electrons. The Kier molecular flexibility index (Phi) is 5.14. The monoisotopic (exact) mass is 365 g/mol. The number of hydrogen-bond donors (Lipinski definition) is 0. The third kappa shape index (κ3) is 4.03. The first kappa shape index (κ1) is 17.0. The molecule has 4 nitrogen and oxygen atoms in total. The van der Waals surface area contributed by atoms with Gasteiger partial charge in [0.2, 0.25) is 0 Å². The second kappa shape index (κ2) is 7.85. The SMILES string of the molecule is Clc1cccc(-c2ccnc(Cc3ccc(N4CCOCC4)cc3)n2)c1. The number of morpholine rings is 1. The van der Waals surface area contributed by atoms with E-state index in [9.17, 15) is 0 Å². The summed E-state index contributed by atoms with van der Waals surface area (Å²) in [5.74, 6) is 0.807. The number of hydrogen-bond acceptors (Lipinski definition) is 4. The highest BCUT2D eigenvalue weighted by atomic mass is 35.5. The lowest BCUT2D eigenvalue weighted by Crippen LogP contribution is -2.36. The molecule has 1 aromatic heterocycles. The van der Waals surface area contributed by atoms with Gasteiger partial charge in [0.05, 0.1) is 18.9 Å². The van der Waals surface area contributed by atoms with Crippen molar-refractivity contribution in [3.05, 3.63) is 77.2 Å². The molecule has 2 heterocycles. The van der Waals surface area contributed by atoms with Crippen LogP contribution in [0.25, 0.3) is 11.3 Å². The van der Waals surface area contributed by atoms with E-state index in [2.05, 4.69) is 34.1 Å². The normalized spacial score (nSPS) is 14.4. The molecule has 4 rings (SSSR count). The van der Waals surface area contributed by atoms with Gasteiger partial charge in [0, 0.05) is 42.0 Å². The highest BCUT2D eigenvalue weighted by molar-refractivity contribution is 6.30. The number of nitrogens with zero attached hydrogens (tertiary/aromatic N) is 3. The summed E-state index contributed by atoms with van der Waals surface area (Å²) in [6, 6.07) is 18.3. The standard InChI is InChI=1S/C21H20ClN3O/c22-18-3-1-2-17(15-18)20-8-9-23-21(24-20)14-16-4-6-19(7-5-16)25-10-12-26-13-11-25/h1-9,15H,10-14H2. The Balaban J connectivity index is 1.49. The molecule has 0 amide bonds. The Hall–Kier alpha value is -2.43. The van der Waals surface area contributed by atoms with Gasteiger partial charge >= 0.3 is 0 Å². The molecule has 1 aliphatic heterocycles. The summed E-state index contributed by atoms with van der Waals surface area (Å²) in [4.78, 5) is 11.5. The number of halogens is 1. The third-order valence-corrected chi connectivity index (χ3v) is 4.74. The number of rotatable bonds is 4. The van der Waals surface area contributed by atoms with Gasteiger partial charge < -0.3 is 9.64 Å². The summed E-state index contributed by atoms with van der Waals surface area (Å²) >= 11 is 6.09. The van der Waals surface area contributed by atoms with E-state index in [0.717, 1.165) is 43.4 Å². The van der Waals surface area contributed by atoms with Crippen LogP contribution in [0.3, 0.4) is 0 Å². The highest BCUT2D eigenvalue weighted by Gasteiger charge is 2.11. The van der Waals surface area contributed by atoms with Crippen molar-refractivity contribution >= 4 is 17.3 Å². The Labute approximate surface area is 158 Å². The van der Waals surface area contributed by atoms with E-state index in [4.69, 9.17) is 21.3 Å². The van der Waals surface area contributed by atoms with E-state index in [1.165, 1.54) is 11.3 Å². The van der Waals surface area contributed by atoms with Gasteiger partial charge in [-0.15, -0.1) is 0 Å². The summed E-state index contributed by atoms with van der Waals surface area (Å²) in [6.07, 6.45) is 2.51. The van der Waals surface area contributed by atoms with Gasteiger partial charge in [-0.1, -0.05) is 35.9 Å². The smallest absolute Gasteiger partial charge is 0.133 e. The van der Waals surface area contributed by atoms with E-state index in [-0.39, 0.29) is 0 Å². The Morgan fingerprint density at radius 2 is 1.81 bits per heavy atom. The van der Waals surface area contributed by atoms with Crippen LogP contribution in [0.4, 0.5) is 5.69 Å². The number of benzene rings is 2. The maximum atomic E-state index is 6.09. The molecular weight excluding hydrogens is 346 g/mol. The van der Waals surface area contributed by atoms with E-state index in [1.54, 1.807) is 6.20 Å². The van der Waals surface area contributed by atoms with Gasteiger partial charge in [-0.05, 0) is 35.9 Å². The van der Waals surface area contributed by atoms with Gasteiger partial charge in [-0.2, -0.15) is 0 Å². The Morgan fingerprint density at radius 1 is 1.00 bits per heavy atom. The van der Waals surface area contributed by atoms with Crippen LogP contribution in [0.2, 0.25) is 5.02 Å². The molecule has 0 bridgehead atoms. The minimum Gasteiger partial charge on any atom is -0.378 e. The van der Waals surface area contributed by atoms with Crippen LogP contribution in [-0.4, -0.2) is 36.3 Å². The lowest BCUT2D eigenvalue weighted by Gasteiger charge is -2.28. The molecule has 0 saturated carbocycles. The first-order chi connectivity index (χ1) is 12.8. The molecule has 0 atom stereocenters. The molecular formula is C21H20ClN3O. The molecule has 26 heavy (non-hydrogen) atoms. The predicted molar refractivity (Wildman–Crippen MR) is 105 cm³/mol. The van der Waals surface area contributed by atoms with Crippen LogP contribution in [-0.2, 0) is 11.2 Å². The van der Waals surface area contributed by atoms with Crippen molar-refractivity contribution in [2.24, 2.45) is 0 Å². The van der Waals surface area contributed by atoms with Crippen LogP contribution in [0.1, 0.15) is 11.4 Å². The molecule has 1 aliphatic rings. The zero-order valence-corrected chi connectivity index (χ0v) is 15.2. The van der Waals surface area contributed by atoms with Crippen molar-refractivity contribution in [1.29, 1.82) is 0 Å². The van der Waals surface area contributed by atoms with Crippen molar-refractivity contribution in [3.63, 3.8) is 0 Å². The summed E-state index contributed by atoms with van der Waals surface area (Å²) in [5, 5.41) is 0.710. The maximum Gasteiger partial charge on any atom is 0.133 e. The lowest BCUT2D eigenvalue weighted by atomic mass is 10.1. The Bertz CT molecular complexity index is 876. The molecule has 0 spiro atoms. The average molecular weight is 366 g/mol. The van der Waals surface area contributed by atoms with Crippen LogP contribution in [0.15, 0.2) is 60.8 Å². The van der Waals surface area contributed by atoms with Crippen LogP contribution >= 0.6 is 11.6 Å². The van der Waals surface area contributed by atoms with Crippen LogP contribution < -0.4 is 4.90 Å². The second-order valence-electron chi connectivity index (χ2n) is 6.31. The number of ether oxygens (including phenoxy) is 1. The molecule has 0 aliphatic carbocycles. The van der Waals surface area contributed by atoms with E-state index < -0.39 is 0 Å². The molecule has 2 aromatic carbocycles. The van der Waals surface area contributed by atoms with Crippen molar-refractivity contribution in [3.8, 4) is 11.3 Å². The van der Waals surface area contributed by atoms with Crippen LogP contribution in [0, 0.1) is 0 Å². The highest BCUT2D eigenvalue weighted by Crippen LogP contribution is 2.22. The minimum absolute atomic E-state index is 0.706. The zero-order chi connectivity index (χ0) is 17.8. The molecule has 0 radical (unpaired) electrons. The third-order valence-electron chi connectivity index (χ3n) is 4.50. The van der Waals surface area contributed by atoms with Crippen molar-refractivity contribution in [1.82, 2.24) is 9.97 Å². The van der Waals surface area contributed by atoms with Crippen molar-refractivity contribution in [2.45, 2.75) is 6.42 Å². The van der Waals surface area contributed by atoms with Crippen molar-refractivity contribution in [2.75, 3.05) is 31.2 Å². The van der Waals surface area contributed by atoms with E-state index in [0.29, 0.717) is 11.4 Å². The number of anilines is 1. The van der Waals surface area contributed by atoms with Gasteiger partial charge in [0.1, 0.15) is 5.82 Å². The first-order valence-corrected chi connectivity index (χ1v) is 9.15. The topological polar surface area (TPSA) is 38.2 Å². The van der Waals surface area contributed by atoms with Gasteiger partial charge in [-0.3, -0.25) is 0 Å². The largest absolute Gasteiger partial charge is 0.378 e. The van der Waals surface area contributed by atoms with Gasteiger partial charge in [0.15, 0.2) is 0 Å². The predicted octanol–water partition coefficient (Wildman–Crippen LogP) is 4.22. The average Bonchev–Trinajstić information content (AvgIpc) is 2.69. The fourth-order valence-corrected chi connectivity index (χ4v) is 3.31. The maximum absolute atomic E-state index is 6.09. The molecule has 5 heteroatoms. The molecule has 0 N–H and O–H groups in total. The summed E-state index contributed by atoms with van der Waals surface area (Å²) < 4.78 is 5.41. The minimum atomic E-state index is 0.706. The summed E-state index contributed by atoms with van der Waals surface area (Å²) in [7, 11) is 0. The second-order valence-corrected chi connectivity index (χ2v) is 6.75. The zero-order valence-electron chi connectivity index (χ0n) is 14.4.